The molecule has 1 heterocycles. The second kappa shape index (κ2) is 2.80. The molecule has 0 atom stereocenters. The van der Waals surface area contributed by atoms with Gasteiger partial charge in [-0.2, -0.15) is 0 Å². The zero-order chi connectivity index (χ0) is 10.4. The van der Waals surface area contributed by atoms with Crippen LogP contribution >= 0.6 is 0 Å². The molecule has 0 amide bonds. The molecule has 0 saturated heterocycles. The van der Waals surface area contributed by atoms with Crippen LogP contribution in [0, 0.1) is 6.92 Å². The summed E-state index contributed by atoms with van der Waals surface area (Å²) in [6.07, 6.45) is 6.25. The summed E-state index contributed by atoms with van der Waals surface area (Å²) >= 11 is 0. The number of hydrogen-bond donors (Lipinski definition) is 1. The van der Waals surface area contributed by atoms with Crippen molar-refractivity contribution >= 4 is 0 Å². The normalized spacial score (nSPS) is 19.4. The Labute approximate surface area is 85.5 Å². The maximum atomic E-state index is 6.23. The predicted octanol–water partition coefficient (Wildman–Crippen LogP) is 2.16. The monoisotopic (exact) mass is 190 g/mol. The SMILES string of the molecule is Cc1cncc(C2(C(C)(C)N)CC2)c1. The molecule has 1 aliphatic rings. The van der Waals surface area contributed by atoms with Gasteiger partial charge in [0.05, 0.1) is 0 Å². The van der Waals surface area contributed by atoms with E-state index in [-0.39, 0.29) is 11.0 Å². The summed E-state index contributed by atoms with van der Waals surface area (Å²) in [6, 6.07) is 2.22. The Hall–Kier alpha value is -0.890. The van der Waals surface area contributed by atoms with Gasteiger partial charge in [0.25, 0.3) is 0 Å². The molecule has 1 aliphatic carbocycles. The number of nitrogens with two attached hydrogens (primary N) is 1. The van der Waals surface area contributed by atoms with Crippen molar-refractivity contribution in [1.82, 2.24) is 4.98 Å². The number of nitrogens with zero attached hydrogens (tertiary/aromatic N) is 1. The Balaban J connectivity index is 2.41. The van der Waals surface area contributed by atoms with E-state index in [2.05, 4.69) is 31.8 Å². The van der Waals surface area contributed by atoms with E-state index >= 15 is 0 Å². The maximum absolute atomic E-state index is 6.23. The van der Waals surface area contributed by atoms with Gasteiger partial charge in [0, 0.05) is 23.3 Å². The lowest BCUT2D eigenvalue weighted by molar-refractivity contribution is 0.390. The van der Waals surface area contributed by atoms with Gasteiger partial charge in [-0.1, -0.05) is 6.07 Å². The summed E-state index contributed by atoms with van der Waals surface area (Å²) in [6.45, 7) is 6.31. The number of rotatable bonds is 2. The van der Waals surface area contributed by atoms with E-state index in [4.69, 9.17) is 5.73 Å². The molecule has 0 unspecified atom stereocenters. The molecular weight excluding hydrogens is 172 g/mol. The van der Waals surface area contributed by atoms with Crippen molar-refractivity contribution in [2.24, 2.45) is 5.73 Å². The van der Waals surface area contributed by atoms with Crippen LogP contribution in [0.15, 0.2) is 18.5 Å². The van der Waals surface area contributed by atoms with Gasteiger partial charge in [0.1, 0.15) is 0 Å². The molecule has 2 nitrogen and oxygen atoms in total. The van der Waals surface area contributed by atoms with E-state index in [1.807, 2.05) is 12.4 Å². The molecule has 1 saturated carbocycles. The lowest BCUT2D eigenvalue weighted by Crippen LogP contribution is -2.45. The van der Waals surface area contributed by atoms with E-state index in [0.29, 0.717) is 0 Å². The molecule has 2 N–H and O–H groups in total. The highest BCUT2D eigenvalue weighted by Crippen LogP contribution is 2.54. The third-order valence-corrected chi connectivity index (χ3v) is 3.41. The Morgan fingerprint density at radius 2 is 2.00 bits per heavy atom. The summed E-state index contributed by atoms with van der Waals surface area (Å²) < 4.78 is 0. The molecule has 2 rings (SSSR count). The van der Waals surface area contributed by atoms with Crippen LogP contribution in [-0.4, -0.2) is 10.5 Å². The van der Waals surface area contributed by atoms with E-state index in [0.717, 1.165) is 0 Å². The smallest absolute Gasteiger partial charge is 0.0306 e. The second-order valence-corrected chi connectivity index (χ2v) is 5.05. The fraction of sp³-hybridized carbons (Fsp3) is 0.583. The van der Waals surface area contributed by atoms with Crippen LogP contribution in [0.3, 0.4) is 0 Å². The summed E-state index contributed by atoms with van der Waals surface area (Å²) in [4.78, 5) is 4.25. The third-order valence-electron chi connectivity index (χ3n) is 3.41. The van der Waals surface area contributed by atoms with Crippen LogP contribution in [0.2, 0.25) is 0 Å². The summed E-state index contributed by atoms with van der Waals surface area (Å²) in [5.74, 6) is 0. The molecule has 0 radical (unpaired) electrons. The number of aromatic nitrogens is 1. The molecule has 0 aromatic carbocycles. The first kappa shape index (κ1) is 9.66. The highest BCUT2D eigenvalue weighted by molar-refractivity contribution is 5.36. The van der Waals surface area contributed by atoms with E-state index in [1.165, 1.54) is 24.0 Å². The Morgan fingerprint density at radius 3 is 2.43 bits per heavy atom. The standard InChI is InChI=1S/C12H18N2/c1-9-6-10(8-14-7-9)12(4-5-12)11(2,3)13/h6-8H,4-5,13H2,1-3H3. The van der Waals surface area contributed by atoms with Crippen molar-refractivity contribution < 1.29 is 0 Å². The molecule has 76 valence electrons. The molecule has 0 bridgehead atoms. The number of hydrogen-bond acceptors (Lipinski definition) is 2. The lowest BCUT2D eigenvalue weighted by Gasteiger charge is -2.31. The summed E-state index contributed by atoms with van der Waals surface area (Å²) in [5.41, 5.74) is 8.81. The fourth-order valence-corrected chi connectivity index (χ4v) is 2.25. The average Bonchev–Trinajstić information content (AvgIpc) is 2.82. The molecule has 2 heteroatoms. The van der Waals surface area contributed by atoms with Crippen molar-refractivity contribution in [2.75, 3.05) is 0 Å². The van der Waals surface area contributed by atoms with E-state index < -0.39 is 0 Å². The van der Waals surface area contributed by atoms with Gasteiger partial charge < -0.3 is 5.73 Å². The third kappa shape index (κ3) is 1.34. The van der Waals surface area contributed by atoms with Crippen molar-refractivity contribution in [2.45, 2.75) is 44.6 Å². The van der Waals surface area contributed by atoms with Gasteiger partial charge in [-0.15, -0.1) is 0 Å². The summed E-state index contributed by atoms with van der Waals surface area (Å²) in [7, 11) is 0. The molecule has 1 aromatic rings. The highest BCUT2D eigenvalue weighted by Gasteiger charge is 2.53. The molecule has 1 aromatic heterocycles. The van der Waals surface area contributed by atoms with Gasteiger partial charge in [-0.3, -0.25) is 4.98 Å². The van der Waals surface area contributed by atoms with Crippen LogP contribution in [0.5, 0.6) is 0 Å². The first-order valence-electron chi connectivity index (χ1n) is 5.17. The Kier molecular flexibility index (Phi) is 1.93. The molecule has 0 spiro atoms. The topological polar surface area (TPSA) is 38.9 Å². The fourth-order valence-electron chi connectivity index (χ4n) is 2.25. The van der Waals surface area contributed by atoms with Gasteiger partial charge >= 0.3 is 0 Å². The minimum Gasteiger partial charge on any atom is -0.325 e. The average molecular weight is 190 g/mol. The van der Waals surface area contributed by atoms with Crippen molar-refractivity contribution in [1.29, 1.82) is 0 Å². The zero-order valence-corrected chi connectivity index (χ0v) is 9.17. The minimum atomic E-state index is -0.136. The van der Waals surface area contributed by atoms with Gasteiger partial charge in [0.15, 0.2) is 0 Å². The molecule has 0 aliphatic heterocycles. The Morgan fingerprint density at radius 1 is 1.36 bits per heavy atom. The quantitative estimate of drug-likeness (QED) is 0.776. The molecular formula is C12H18N2. The predicted molar refractivity (Wildman–Crippen MR) is 58.2 cm³/mol. The van der Waals surface area contributed by atoms with Gasteiger partial charge in [-0.05, 0) is 44.7 Å². The minimum absolute atomic E-state index is 0.136. The zero-order valence-electron chi connectivity index (χ0n) is 9.17. The van der Waals surface area contributed by atoms with Crippen LogP contribution in [0.4, 0.5) is 0 Å². The lowest BCUT2D eigenvalue weighted by atomic mass is 9.80. The Bertz CT molecular complexity index is 346. The van der Waals surface area contributed by atoms with E-state index in [9.17, 15) is 0 Å². The van der Waals surface area contributed by atoms with Crippen molar-refractivity contribution in [3.05, 3.63) is 29.6 Å². The molecule has 1 fully saturated rings. The first-order chi connectivity index (χ1) is 6.46. The van der Waals surface area contributed by atoms with Crippen LogP contribution in [-0.2, 0) is 5.41 Å². The number of pyridine rings is 1. The van der Waals surface area contributed by atoms with Gasteiger partial charge in [0.2, 0.25) is 0 Å². The number of aryl methyl sites for hydroxylation is 1. The van der Waals surface area contributed by atoms with Gasteiger partial charge in [-0.25, -0.2) is 0 Å². The molecule has 14 heavy (non-hydrogen) atoms. The van der Waals surface area contributed by atoms with Crippen molar-refractivity contribution in [3.63, 3.8) is 0 Å². The largest absolute Gasteiger partial charge is 0.325 e. The second-order valence-electron chi connectivity index (χ2n) is 5.05. The van der Waals surface area contributed by atoms with Crippen LogP contribution in [0.25, 0.3) is 0 Å². The van der Waals surface area contributed by atoms with Crippen LogP contribution in [0.1, 0.15) is 37.8 Å². The summed E-state index contributed by atoms with van der Waals surface area (Å²) in [5, 5.41) is 0. The highest BCUT2D eigenvalue weighted by atomic mass is 14.8. The van der Waals surface area contributed by atoms with Crippen molar-refractivity contribution in [3.8, 4) is 0 Å². The maximum Gasteiger partial charge on any atom is 0.0306 e. The van der Waals surface area contributed by atoms with Crippen LogP contribution < -0.4 is 5.73 Å². The first-order valence-corrected chi connectivity index (χ1v) is 5.17. The van der Waals surface area contributed by atoms with E-state index in [1.54, 1.807) is 0 Å².